The maximum atomic E-state index is 5.99. The zero-order valence-corrected chi connectivity index (χ0v) is 11.3. The van der Waals surface area contributed by atoms with E-state index in [1.807, 2.05) is 13.3 Å². The quantitative estimate of drug-likeness (QED) is 0.912. The van der Waals surface area contributed by atoms with Crippen molar-refractivity contribution in [3.63, 3.8) is 0 Å². The largest absolute Gasteiger partial charge is 0.332 e. The molecule has 0 radical (unpaired) electrons. The third-order valence-electron chi connectivity index (χ3n) is 3.69. The molecule has 0 saturated heterocycles. The average Bonchev–Trinajstić information content (AvgIpc) is 2.83. The maximum Gasteiger partial charge on any atom is 0.0953 e. The van der Waals surface area contributed by atoms with Crippen LogP contribution in [0.3, 0.4) is 0 Å². The molecule has 0 bridgehead atoms. The number of imidazole rings is 1. The van der Waals surface area contributed by atoms with Gasteiger partial charge in [-0.1, -0.05) is 30.3 Å². The van der Waals surface area contributed by atoms with Gasteiger partial charge >= 0.3 is 0 Å². The number of hydrogen-bond donors (Lipinski definition) is 1. The highest BCUT2D eigenvalue weighted by molar-refractivity contribution is 5.19. The summed E-state index contributed by atoms with van der Waals surface area (Å²) in [6.45, 7) is 5.99. The van der Waals surface area contributed by atoms with Crippen LogP contribution in [0.2, 0.25) is 0 Å². The summed E-state index contributed by atoms with van der Waals surface area (Å²) >= 11 is 0. The van der Waals surface area contributed by atoms with Gasteiger partial charge in [0.1, 0.15) is 0 Å². The van der Waals surface area contributed by atoms with Crippen LogP contribution in [0.4, 0.5) is 0 Å². The molecule has 0 spiro atoms. The number of hydrogen-bond acceptors (Lipinski definition) is 3. The average molecular weight is 256 g/mol. The Hall–Kier alpha value is -1.65. The van der Waals surface area contributed by atoms with E-state index < -0.39 is 0 Å². The van der Waals surface area contributed by atoms with Crippen molar-refractivity contribution in [2.24, 2.45) is 5.73 Å². The van der Waals surface area contributed by atoms with Gasteiger partial charge in [-0.15, -0.1) is 0 Å². The summed E-state index contributed by atoms with van der Waals surface area (Å²) in [6.07, 6.45) is 1.92. The van der Waals surface area contributed by atoms with E-state index in [2.05, 4.69) is 44.8 Å². The van der Waals surface area contributed by atoms with Gasteiger partial charge in [-0.3, -0.25) is 4.90 Å². The van der Waals surface area contributed by atoms with Crippen LogP contribution in [-0.4, -0.2) is 21.0 Å². The monoisotopic (exact) mass is 256 g/mol. The lowest BCUT2D eigenvalue weighted by Crippen LogP contribution is -2.33. The molecule has 0 amide bonds. The van der Waals surface area contributed by atoms with E-state index in [1.54, 1.807) is 0 Å². The van der Waals surface area contributed by atoms with Crippen LogP contribution in [0.1, 0.15) is 29.9 Å². The van der Waals surface area contributed by atoms with Crippen molar-refractivity contribution in [3.8, 4) is 0 Å². The van der Waals surface area contributed by atoms with Gasteiger partial charge in [0.25, 0.3) is 0 Å². The van der Waals surface area contributed by atoms with E-state index in [0.717, 1.165) is 31.9 Å². The van der Waals surface area contributed by atoms with Gasteiger partial charge in [-0.05, 0) is 12.5 Å². The minimum absolute atomic E-state index is 0.00734. The summed E-state index contributed by atoms with van der Waals surface area (Å²) in [6, 6.07) is 10.6. The molecule has 100 valence electrons. The lowest BCUT2D eigenvalue weighted by molar-refractivity contribution is 0.211. The Morgan fingerprint density at radius 3 is 2.79 bits per heavy atom. The van der Waals surface area contributed by atoms with Crippen molar-refractivity contribution >= 4 is 0 Å². The first-order valence-electron chi connectivity index (χ1n) is 6.80. The molecule has 1 unspecified atom stereocenters. The van der Waals surface area contributed by atoms with Gasteiger partial charge in [0.2, 0.25) is 0 Å². The van der Waals surface area contributed by atoms with Crippen molar-refractivity contribution in [2.45, 2.75) is 32.6 Å². The van der Waals surface area contributed by atoms with Gasteiger partial charge < -0.3 is 10.3 Å². The third-order valence-corrected chi connectivity index (χ3v) is 3.69. The van der Waals surface area contributed by atoms with Gasteiger partial charge in [-0.25, -0.2) is 4.98 Å². The Morgan fingerprint density at radius 1 is 1.26 bits per heavy atom. The summed E-state index contributed by atoms with van der Waals surface area (Å²) in [7, 11) is 0. The molecule has 1 aliphatic heterocycles. The van der Waals surface area contributed by atoms with E-state index in [-0.39, 0.29) is 6.04 Å². The highest BCUT2D eigenvalue weighted by atomic mass is 15.2. The summed E-state index contributed by atoms with van der Waals surface area (Å²) < 4.78 is 2.24. The molecule has 1 aliphatic rings. The molecule has 4 heteroatoms. The van der Waals surface area contributed by atoms with Crippen molar-refractivity contribution in [1.82, 2.24) is 14.5 Å². The van der Waals surface area contributed by atoms with Crippen molar-refractivity contribution in [2.75, 3.05) is 6.54 Å². The molecule has 0 aliphatic carbocycles. The molecular weight excluding hydrogens is 236 g/mol. The van der Waals surface area contributed by atoms with Gasteiger partial charge in [0.15, 0.2) is 0 Å². The topological polar surface area (TPSA) is 47.1 Å². The molecule has 0 fully saturated rings. The lowest BCUT2D eigenvalue weighted by atomic mass is 10.1. The van der Waals surface area contributed by atoms with Crippen LogP contribution >= 0.6 is 0 Å². The molecule has 2 N–H and O–H groups in total. The zero-order chi connectivity index (χ0) is 13.2. The second-order valence-electron chi connectivity index (χ2n) is 5.25. The van der Waals surface area contributed by atoms with Gasteiger partial charge in [-0.2, -0.15) is 0 Å². The summed E-state index contributed by atoms with van der Waals surface area (Å²) in [4.78, 5) is 6.91. The molecule has 1 atom stereocenters. The number of nitrogens with zero attached hydrogens (tertiary/aromatic N) is 3. The summed E-state index contributed by atoms with van der Waals surface area (Å²) in [5, 5.41) is 0. The highest BCUT2D eigenvalue weighted by Gasteiger charge is 2.21. The Balaban J connectivity index is 1.76. The smallest absolute Gasteiger partial charge is 0.0953 e. The minimum atomic E-state index is 0.00734. The summed E-state index contributed by atoms with van der Waals surface area (Å²) in [5.74, 6) is 0. The molecule has 3 rings (SSSR count). The molecule has 1 aromatic carbocycles. The van der Waals surface area contributed by atoms with E-state index in [1.165, 1.54) is 11.3 Å². The Labute approximate surface area is 113 Å². The van der Waals surface area contributed by atoms with Crippen molar-refractivity contribution in [3.05, 3.63) is 53.6 Å². The van der Waals surface area contributed by atoms with Crippen LogP contribution in [0.5, 0.6) is 0 Å². The molecule has 1 aromatic heterocycles. The molecular formula is C15H20N4. The van der Waals surface area contributed by atoms with Gasteiger partial charge in [0.05, 0.1) is 17.7 Å². The number of fused-ring (bicyclic) bond motifs is 1. The first-order valence-corrected chi connectivity index (χ1v) is 6.80. The number of rotatable bonds is 3. The van der Waals surface area contributed by atoms with Crippen molar-refractivity contribution < 1.29 is 0 Å². The molecule has 19 heavy (non-hydrogen) atoms. The molecule has 0 saturated carbocycles. The number of benzene rings is 1. The fourth-order valence-corrected chi connectivity index (χ4v) is 2.68. The van der Waals surface area contributed by atoms with E-state index in [0.29, 0.717) is 0 Å². The first-order chi connectivity index (χ1) is 9.24. The lowest BCUT2D eigenvalue weighted by Gasteiger charge is -2.29. The SMILES string of the molecule is CC(N)c1ncn2c1CN(Cc1ccccc1)CC2. The minimum Gasteiger partial charge on any atom is -0.332 e. The standard InChI is InChI=1S/C15H20N4/c1-12(16)15-14-10-18(7-8-19(14)11-17-15)9-13-5-3-2-4-6-13/h2-6,11-12H,7-10,16H2,1H3. The first kappa shape index (κ1) is 12.4. The van der Waals surface area contributed by atoms with E-state index >= 15 is 0 Å². The van der Waals surface area contributed by atoms with Gasteiger partial charge in [0, 0.05) is 32.2 Å². The Morgan fingerprint density at radius 2 is 2.05 bits per heavy atom. The summed E-state index contributed by atoms with van der Waals surface area (Å²) in [5.41, 5.74) is 9.66. The van der Waals surface area contributed by atoms with Crippen molar-refractivity contribution in [1.29, 1.82) is 0 Å². The molecule has 2 aromatic rings. The maximum absolute atomic E-state index is 5.99. The van der Waals surface area contributed by atoms with Crippen LogP contribution in [-0.2, 0) is 19.6 Å². The second-order valence-corrected chi connectivity index (χ2v) is 5.25. The second kappa shape index (κ2) is 5.15. The Kier molecular flexibility index (Phi) is 3.36. The highest BCUT2D eigenvalue weighted by Crippen LogP contribution is 2.21. The van der Waals surface area contributed by atoms with Crippen LogP contribution in [0, 0.1) is 0 Å². The fraction of sp³-hybridized carbons (Fsp3) is 0.400. The Bertz CT molecular complexity index is 545. The molecule has 2 heterocycles. The van der Waals surface area contributed by atoms with Crippen LogP contribution in [0.25, 0.3) is 0 Å². The zero-order valence-electron chi connectivity index (χ0n) is 11.3. The number of nitrogens with two attached hydrogens (primary N) is 1. The number of aromatic nitrogens is 2. The van der Waals surface area contributed by atoms with E-state index in [9.17, 15) is 0 Å². The van der Waals surface area contributed by atoms with Crippen LogP contribution in [0.15, 0.2) is 36.7 Å². The normalized spacial score (nSPS) is 17.2. The predicted molar refractivity (Wildman–Crippen MR) is 75.4 cm³/mol. The predicted octanol–water partition coefficient (Wildman–Crippen LogP) is 1.92. The third kappa shape index (κ3) is 2.55. The molecule has 4 nitrogen and oxygen atoms in total. The van der Waals surface area contributed by atoms with Crippen LogP contribution < -0.4 is 5.73 Å². The fourth-order valence-electron chi connectivity index (χ4n) is 2.68. The van der Waals surface area contributed by atoms with E-state index in [4.69, 9.17) is 5.73 Å².